The molecule has 3 heteroatoms. The number of hydrogen-bond acceptors (Lipinski definition) is 2. The quantitative estimate of drug-likeness (QED) is 0.832. The predicted octanol–water partition coefficient (Wildman–Crippen LogP) is 4.58. The molecule has 21 heavy (non-hydrogen) atoms. The third-order valence-corrected chi connectivity index (χ3v) is 4.65. The fraction of sp³-hybridized carbons (Fsp3) is 0.611. The lowest BCUT2D eigenvalue weighted by molar-refractivity contribution is -0.115. The van der Waals surface area contributed by atoms with Crippen LogP contribution in [0.5, 0.6) is 0 Å². The summed E-state index contributed by atoms with van der Waals surface area (Å²) < 4.78 is 0. The molecular weight excluding hydrogens is 260 g/mol. The van der Waals surface area contributed by atoms with E-state index in [4.69, 9.17) is 0 Å². The number of carbonyl (C=O) groups excluding carboxylic acids is 1. The molecule has 1 aromatic carbocycles. The van der Waals surface area contributed by atoms with Crippen molar-refractivity contribution >= 4 is 17.3 Å². The summed E-state index contributed by atoms with van der Waals surface area (Å²) in [5, 5.41) is 6.54. The largest absolute Gasteiger partial charge is 0.384 e. The van der Waals surface area contributed by atoms with Crippen molar-refractivity contribution in [3.05, 3.63) is 23.8 Å². The van der Waals surface area contributed by atoms with Gasteiger partial charge in [0.25, 0.3) is 0 Å². The first-order valence-corrected chi connectivity index (χ1v) is 8.23. The van der Waals surface area contributed by atoms with Gasteiger partial charge in [0.2, 0.25) is 5.91 Å². The highest BCUT2D eigenvalue weighted by Gasteiger charge is 2.18. The van der Waals surface area contributed by atoms with E-state index in [9.17, 15) is 4.79 Å². The summed E-state index contributed by atoms with van der Waals surface area (Å²) in [4.78, 5) is 11.5. The Hall–Kier alpha value is -1.51. The summed E-state index contributed by atoms with van der Waals surface area (Å²) in [6.45, 7) is 7.33. The molecular formula is C18H28N2O. The van der Waals surface area contributed by atoms with E-state index in [0.717, 1.165) is 35.3 Å². The van der Waals surface area contributed by atoms with Crippen molar-refractivity contribution in [3.63, 3.8) is 0 Å². The van der Waals surface area contributed by atoms with Gasteiger partial charge in [-0.3, -0.25) is 4.79 Å². The second-order valence-electron chi connectivity index (χ2n) is 6.39. The van der Waals surface area contributed by atoms with E-state index < -0.39 is 0 Å². The molecule has 1 aliphatic carbocycles. The van der Waals surface area contributed by atoms with E-state index in [-0.39, 0.29) is 5.91 Å². The van der Waals surface area contributed by atoms with Crippen LogP contribution in [0.25, 0.3) is 0 Å². The molecule has 0 atom stereocenters. The minimum absolute atomic E-state index is 0.0662. The van der Waals surface area contributed by atoms with Crippen LogP contribution >= 0.6 is 0 Å². The van der Waals surface area contributed by atoms with E-state index >= 15 is 0 Å². The third kappa shape index (κ3) is 4.48. The van der Waals surface area contributed by atoms with Crippen LogP contribution in [0.4, 0.5) is 11.4 Å². The van der Waals surface area contributed by atoms with Gasteiger partial charge in [-0.05, 0) is 49.3 Å². The Bertz CT molecular complexity index is 476. The van der Waals surface area contributed by atoms with Crippen molar-refractivity contribution in [1.82, 2.24) is 0 Å². The highest BCUT2D eigenvalue weighted by atomic mass is 16.1. The second kappa shape index (κ2) is 7.48. The molecule has 1 saturated carbocycles. The summed E-state index contributed by atoms with van der Waals surface area (Å²) in [6, 6.07) is 6.07. The van der Waals surface area contributed by atoms with Crippen LogP contribution < -0.4 is 10.6 Å². The molecule has 1 fully saturated rings. The van der Waals surface area contributed by atoms with Crippen molar-refractivity contribution in [1.29, 1.82) is 0 Å². The lowest BCUT2D eigenvalue weighted by atomic mass is 9.83. The standard InChI is InChI=1S/C18H28N2O/c1-4-18(21)20-17-7-5-6-16(14(17)3)19-12-15-10-8-13(2)9-11-15/h5-7,13,15,19H,4,8-12H2,1-3H3,(H,20,21). The van der Waals surface area contributed by atoms with Crippen molar-refractivity contribution in [2.45, 2.75) is 52.9 Å². The zero-order chi connectivity index (χ0) is 15.2. The Balaban J connectivity index is 1.94. The fourth-order valence-electron chi connectivity index (χ4n) is 2.99. The minimum Gasteiger partial charge on any atom is -0.384 e. The van der Waals surface area contributed by atoms with Crippen LogP contribution in [0.1, 0.15) is 51.5 Å². The topological polar surface area (TPSA) is 41.1 Å². The van der Waals surface area contributed by atoms with Gasteiger partial charge in [-0.25, -0.2) is 0 Å². The lowest BCUT2D eigenvalue weighted by Gasteiger charge is -2.27. The van der Waals surface area contributed by atoms with Crippen LogP contribution in [-0.2, 0) is 4.79 Å². The van der Waals surface area contributed by atoms with Gasteiger partial charge in [0.1, 0.15) is 0 Å². The van der Waals surface area contributed by atoms with Gasteiger partial charge in [-0.1, -0.05) is 32.8 Å². The van der Waals surface area contributed by atoms with Gasteiger partial charge in [0.05, 0.1) is 0 Å². The lowest BCUT2D eigenvalue weighted by Crippen LogP contribution is -2.20. The number of nitrogens with one attached hydrogen (secondary N) is 2. The maximum absolute atomic E-state index is 11.5. The zero-order valence-corrected chi connectivity index (χ0v) is 13.5. The van der Waals surface area contributed by atoms with Crippen LogP contribution in [0.3, 0.4) is 0 Å². The van der Waals surface area contributed by atoms with Crippen molar-refractivity contribution in [3.8, 4) is 0 Å². The van der Waals surface area contributed by atoms with E-state index in [1.165, 1.54) is 25.7 Å². The molecule has 0 heterocycles. The van der Waals surface area contributed by atoms with Gasteiger partial charge in [0, 0.05) is 24.3 Å². The smallest absolute Gasteiger partial charge is 0.224 e. The molecule has 0 saturated heterocycles. The number of benzene rings is 1. The first-order valence-electron chi connectivity index (χ1n) is 8.23. The SMILES string of the molecule is CCC(=O)Nc1cccc(NCC2CCC(C)CC2)c1C. The maximum atomic E-state index is 11.5. The summed E-state index contributed by atoms with van der Waals surface area (Å²) in [5.74, 6) is 1.75. The van der Waals surface area contributed by atoms with Crippen LogP contribution in [0, 0.1) is 18.8 Å². The summed E-state index contributed by atoms with van der Waals surface area (Å²) in [5.41, 5.74) is 3.19. The average molecular weight is 288 g/mol. The number of amides is 1. The molecule has 2 rings (SSSR count). The van der Waals surface area contributed by atoms with Gasteiger partial charge in [0.15, 0.2) is 0 Å². The van der Waals surface area contributed by atoms with E-state index in [2.05, 4.69) is 30.5 Å². The van der Waals surface area contributed by atoms with Gasteiger partial charge >= 0.3 is 0 Å². The van der Waals surface area contributed by atoms with E-state index in [1.807, 2.05) is 19.1 Å². The van der Waals surface area contributed by atoms with Crippen molar-refractivity contribution < 1.29 is 4.79 Å². The Morgan fingerprint density at radius 1 is 1.19 bits per heavy atom. The molecule has 0 radical (unpaired) electrons. The van der Waals surface area contributed by atoms with Gasteiger partial charge in [-0.2, -0.15) is 0 Å². The molecule has 1 aliphatic rings. The third-order valence-electron chi connectivity index (χ3n) is 4.65. The first kappa shape index (κ1) is 15.9. The molecule has 116 valence electrons. The monoisotopic (exact) mass is 288 g/mol. The summed E-state index contributed by atoms with van der Waals surface area (Å²) in [6.07, 6.45) is 5.89. The molecule has 0 unspecified atom stereocenters. The molecule has 3 nitrogen and oxygen atoms in total. The Labute approximate surface area is 128 Å². The minimum atomic E-state index is 0.0662. The number of carbonyl (C=O) groups is 1. The average Bonchev–Trinajstić information content (AvgIpc) is 2.49. The van der Waals surface area contributed by atoms with Gasteiger partial charge in [-0.15, -0.1) is 0 Å². The zero-order valence-electron chi connectivity index (χ0n) is 13.5. The number of rotatable bonds is 5. The molecule has 1 aromatic rings. The van der Waals surface area contributed by atoms with E-state index in [0.29, 0.717) is 6.42 Å². The fourth-order valence-corrected chi connectivity index (χ4v) is 2.99. The summed E-state index contributed by atoms with van der Waals surface area (Å²) in [7, 11) is 0. The van der Waals surface area contributed by atoms with Crippen molar-refractivity contribution in [2.75, 3.05) is 17.2 Å². The molecule has 0 aliphatic heterocycles. The predicted molar refractivity (Wildman–Crippen MR) is 89.7 cm³/mol. The second-order valence-corrected chi connectivity index (χ2v) is 6.39. The maximum Gasteiger partial charge on any atom is 0.224 e. The number of anilines is 2. The Kier molecular flexibility index (Phi) is 5.66. The summed E-state index contributed by atoms with van der Waals surface area (Å²) >= 11 is 0. The van der Waals surface area contributed by atoms with Crippen LogP contribution in [0.2, 0.25) is 0 Å². The first-order chi connectivity index (χ1) is 10.1. The molecule has 1 amide bonds. The Morgan fingerprint density at radius 2 is 1.86 bits per heavy atom. The van der Waals surface area contributed by atoms with Crippen molar-refractivity contribution in [2.24, 2.45) is 11.8 Å². The number of hydrogen-bond donors (Lipinski definition) is 2. The molecule has 0 spiro atoms. The molecule has 0 aromatic heterocycles. The Morgan fingerprint density at radius 3 is 2.52 bits per heavy atom. The normalized spacial score (nSPS) is 21.9. The highest BCUT2D eigenvalue weighted by Crippen LogP contribution is 2.29. The van der Waals surface area contributed by atoms with Gasteiger partial charge < -0.3 is 10.6 Å². The molecule has 2 N–H and O–H groups in total. The van der Waals surface area contributed by atoms with E-state index in [1.54, 1.807) is 0 Å². The van der Waals surface area contributed by atoms with Crippen LogP contribution in [-0.4, -0.2) is 12.5 Å². The highest BCUT2D eigenvalue weighted by molar-refractivity contribution is 5.92. The van der Waals surface area contributed by atoms with Crippen LogP contribution in [0.15, 0.2) is 18.2 Å². The molecule has 0 bridgehead atoms.